The molecule has 6 nitrogen and oxygen atoms in total. The molecule has 2 rings (SSSR count). The van der Waals surface area contributed by atoms with Crippen LogP contribution in [0, 0.1) is 0 Å². The maximum atomic E-state index is 11.9. The molecule has 0 aliphatic rings. The second kappa shape index (κ2) is 4.65. The summed E-state index contributed by atoms with van der Waals surface area (Å²) in [5.41, 5.74) is 0.634. The predicted octanol–water partition coefficient (Wildman–Crippen LogP) is 0.647. The van der Waals surface area contributed by atoms with Crippen LogP contribution in [0.3, 0.4) is 0 Å². The summed E-state index contributed by atoms with van der Waals surface area (Å²) in [7, 11) is 1.65. The van der Waals surface area contributed by atoms with Crippen molar-refractivity contribution in [3.8, 4) is 5.75 Å². The summed E-state index contributed by atoms with van der Waals surface area (Å²) >= 11 is 0. The number of nitrogens with zero attached hydrogens (tertiary/aromatic N) is 4. The van der Waals surface area contributed by atoms with Crippen LogP contribution in [-0.4, -0.2) is 32.8 Å². The topological polar surface area (TPSA) is 71.2 Å². The molecule has 1 heterocycles. The Balaban J connectivity index is 2.09. The summed E-state index contributed by atoms with van der Waals surface area (Å²) in [4.78, 5) is 17.1. The van der Waals surface area contributed by atoms with Gasteiger partial charge in [0.25, 0.3) is 0 Å². The number of aromatic nitrogens is 3. The number of hydrogen-bond donors (Lipinski definition) is 1. The summed E-state index contributed by atoms with van der Waals surface area (Å²) in [6.45, 7) is 0.117. The van der Waals surface area contributed by atoms with E-state index in [0.717, 1.165) is 0 Å². The lowest BCUT2D eigenvalue weighted by Gasteiger charge is -2.17. The van der Waals surface area contributed by atoms with Crippen LogP contribution in [0.15, 0.2) is 36.9 Å². The first kappa shape index (κ1) is 11.1. The van der Waals surface area contributed by atoms with E-state index >= 15 is 0 Å². The molecule has 0 unspecified atom stereocenters. The van der Waals surface area contributed by atoms with Crippen molar-refractivity contribution in [2.75, 3.05) is 11.9 Å². The van der Waals surface area contributed by atoms with E-state index in [4.69, 9.17) is 0 Å². The number of likely N-dealkylation sites (N-methyl/N-ethyl adjacent to an activating group) is 1. The number of carbonyl (C=O) groups is 1. The molecule has 1 N–H and O–H groups in total. The lowest BCUT2D eigenvalue weighted by molar-refractivity contribution is -0.119. The molecule has 0 radical (unpaired) electrons. The molecule has 1 amide bonds. The predicted molar refractivity (Wildman–Crippen MR) is 61.5 cm³/mol. The van der Waals surface area contributed by atoms with Crippen molar-refractivity contribution < 1.29 is 9.90 Å². The molecule has 1 aromatic carbocycles. The first-order chi connectivity index (χ1) is 8.16. The van der Waals surface area contributed by atoms with E-state index in [1.165, 1.54) is 28.3 Å². The molecular formula is C11H12N4O2. The quantitative estimate of drug-likeness (QED) is 0.843. The van der Waals surface area contributed by atoms with Gasteiger partial charge in [-0.05, 0) is 12.1 Å². The average molecular weight is 232 g/mol. The molecule has 0 bridgehead atoms. The number of anilines is 1. The van der Waals surface area contributed by atoms with Crippen molar-refractivity contribution in [2.45, 2.75) is 6.54 Å². The summed E-state index contributed by atoms with van der Waals surface area (Å²) in [6.07, 6.45) is 2.86. The molecule has 0 spiro atoms. The maximum absolute atomic E-state index is 11.9. The Kier molecular flexibility index (Phi) is 3.04. The summed E-state index contributed by atoms with van der Waals surface area (Å²) in [5, 5.41) is 13.2. The van der Waals surface area contributed by atoms with Gasteiger partial charge in [-0.1, -0.05) is 6.07 Å². The minimum absolute atomic E-state index is 0.117. The van der Waals surface area contributed by atoms with E-state index in [1.54, 1.807) is 25.2 Å². The van der Waals surface area contributed by atoms with Gasteiger partial charge in [-0.3, -0.25) is 4.79 Å². The van der Waals surface area contributed by atoms with Gasteiger partial charge >= 0.3 is 0 Å². The number of phenols is 1. The van der Waals surface area contributed by atoms with Crippen LogP contribution in [0.4, 0.5) is 5.69 Å². The van der Waals surface area contributed by atoms with Crippen molar-refractivity contribution in [3.05, 3.63) is 36.9 Å². The monoisotopic (exact) mass is 232 g/mol. The second-order valence-electron chi connectivity index (χ2n) is 3.57. The normalized spacial score (nSPS) is 10.2. The third-order valence-electron chi connectivity index (χ3n) is 2.35. The molecule has 0 fully saturated rings. The van der Waals surface area contributed by atoms with Gasteiger partial charge in [0.05, 0.1) is 0 Å². The molecule has 17 heavy (non-hydrogen) atoms. The summed E-state index contributed by atoms with van der Waals surface area (Å²) < 4.78 is 1.45. The van der Waals surface area contributed by atoms with E-state index < -0.39 is 0 Å². The Morgan fingerprint density at radius 2 is 2.35 bits per heavy atom. The second-order valence-corrected chi connectivity index (χ2v) is 3.57. The lowest BCUT2D eigenvalue weighted by atomic mass is 10.3. The Labute approximate surface area is 98.1 Å². The van der Waals surface area contributed by atoms with Crippen LogP contribution in [-0.2, 0) is 11.3 Å². The van der Waals surface area contributed by atoms with Gasteiger partial charge in [0.2, 0.25) is 5.91 Å². The van der Waals surface area contributed by atoms with E-state index in [1.807, 2.05) is 0 Å². The van der Waals surface area contributed by atoms with Crippen molar-refractivity contribution in [3.63, 3.8) is 0 Å². The van der Waals surface area contributed by atoms with Gasteiger partial charge in [-0.15, -0.1) is 0 Å². The molecule has 88 valence electrons. The summed E-state index contributed by atoms with van der Waals surface area (Å²) in [6, 6.07) is 6.52. The fourth-order valence-corrected chi connectivity index (χ4v) is 1.40. The number of aromatic hydroxyl groups is 1. The standard InChI is InChI=1S/C11H12N4O2/c1-14(9-3-2-4-10(16)5-9)11(17)6-15-8-12-7-13-15/h2-5,7-8,16H,6H2,1H3. The van der Waals surface area contributed by atoms with Gasteiger partial charge in [0.1, 0.15) is 24.9 Å². The molecular weight excluding hydrogens is 220 g/mol. The highest BCUT2D eigenvalue weighted by Gasteiger charge is 2.12. The third-order valence-corrected chi connectivity index (χ3v) is 2.35. The molecule has 0 aliphatic carbocycles. The molecule has 0 atom stereocenters. The lowest BCUT2D eigenvalue weighted by Crippen LogP contribution is -2.30. The Bertz CT molecular complexity index is 510. The highest BCUT2D eigenvalue weighted by atomic mass is 16.3. The van der Waals surface area contributed by atoms with E-state index in [2.05, 4.69) is 10.1 Å². The highest BCUT2D eigenvalue weighted by molar-refractivity contribution is 5.92. The highest BCUT2D eigenvalue weighted by Crippen LogP contribution is 2.18. The fourth-order valence-electron chi connectivity index (χ4n) is 1.40. The van der Waals surface area contributed by atoms with Crippen molar-refractivity contribution in [1.29, 1.82) is 0 Å². The van der Waals surface area contributed by atoms with Gasteiger partial charge in [0, 0.05) is 18.8 Å². The van der Waals surface area contributed by atoms with E-state index in [0.29, 0.717) is 5.69 Å². The van der Waals surface area contributed by atoms with Crippen LogP contribution >= 0.6 is 0 Å². The zero-order chi connectivity index (χ0) is 12.3. The van der Waals surface area contributed by atoms with Crippen LogP contribution in [0.1, 0.15) is 0 Å². The minimum atomic E-state index is -0.138. The number of phenolic OH excluding ortho intramolecular Hbond substituents is 1. The molecule has 0 saturated carbocycles. The van der Waals surface area contributed by atoms with Crippen molar-refractivity contribution in [2.24, 2.45) is 0 Å². The first-order valence-corrected chi connectivity index (χ1v) is 5.05. The molecule has 2 aromatic rings. The van der Waals surface area contributed by atoms with Gasteiger partial charge in [-0.25, -0.2) is 9.67 Å². The Morgan fingerprint density at radius 3 is 3.00 bits per heavy atom. The first-order valence-electron chi connectivity index (χ1n) is 5.05. The molecule has 0 aliphatic heterocycles. The number of amides is 1. The maximum Gasteiger partial charge on any atom is 0.248 e. The largest absolute Gasteiger partial charge is 0.508 e. The average Bonchev–Trinajstić information content (AvgIpc) is 2.80. The van der Waals surface area contributed by atoms with Gasteiger partial charge in [-0.2, -0.15) is 5.10 Å². The Morgan fingerprint density at radius 1 is 1.53 bits per heavy atom. The van der Waals surface area contributed by atoms with Gasteiger partial charge < -0.3 is 10.0 Å². The van der Waals surface area contributed by atoms with Crippen LogP contribution < -0.4 is 4.90 Å². The van der Waals surface area contributed by atoms with Crippen LogP contribution in [0.5, 0.6) is 5.75 Å². The molecule has 6 heteroatoms. The molecule has 0 saturated heterocycles. The van der Waals surface area contributed by atoms with Crippen LogP contribution in [0.2, 0.25) is 0 Å². The smallest absolute Gasteiger partial charge is 0.248 e. The number of hydrogen-bond acceptors (Lipinski definition) is 4. The zero-order valence-electron chi connectivity index (χ0n) is 9.32. The van der Waals surface area contributed by atoms with Crippen molar-refractivity contribution in [1.82, 2.24) is 14.8 Å². The minimum Gasteiger partial charge on any atom is -0.508 e. The molecule has 1 aromatic heterocycles. The van der Waals surface area contributed by atoms with E-state index in [9.17, 15) is 9.90 Å². The van der Waals surface area contributed by atoms with Crippen molar-refractivity contribution >= 4 is 11.6 Å². The Hall–Kier alpha value is -2.37. The third kappa shape index (κ3) is 2.60. The van der Waals surface area contributed by atoms with Crippen LogP contribution in [0.25, 0.3) is 0 Å². The van der Waals surface area contributed by atoms with Gasteiger partial charge in [0.15, 0.2) is 0 Å². The zero-order valence-corrected chi connectivity index (χ0v) is 9.32. The number of rotatable bonds is 3. The number of carbonyl (C=O) groups excluding carboxylic acids is 1. The SMILES string of the molecule is CN(C(=O)Cn1cncn1)c1cccc(O)c1. The van der Waals surface area contributed by atoms with E-state index in [-0.39, 0.29) is 18.2 Å². The number of benzene rings is 1. The summed E-state index contributed by atoms with van der Waals surface area (Å²) in [5.74, 6) is -0.0102. The fraction of sp³-hybridized carbons (Fsp3) is 0.182.